The van der Waals surface area contributed by atoms with Crippen molar-refractivity contribution >= 4 is 34.6 Å². The first-order valence-corrected chi connectivity index (χ1v) is 14.4. The fourth-order valence-corrected chi connectivity index (χ4v) is 4.68. The van der Waals surface area contributed by atoms with E-state index in [-0.39, 0.29) is 18.8 Å². The number of hydrogen-bond donors (Lipinski definition) is 8. The van der Waals surface area contributed by atoms with E-state index in [2.05, 4.69) is 20.9 Å². The number of carboxylic acid groups (broad SMARTS) is 1. The molecule has 0 spiro atoms. The standard InChI is InChI=1S/C29H47N7O5/c1-18(2)15-21(32)26(37)34-23(11-5-7-13-30)27(38)35-24(12-6-8-14-31)28(39)36-25(29(40)41)16-19-17-33-22-10-4-3-9-20(19)22/h3-4,9-10,17-18,21,23-25,33H,5-8,11-16,30-32H2,1-2H3,(H,34,37)(H,35,38)(H,36,39)(H,40,41). The minimum Gasteiger partial charge on any atom is -0.480 e. The van der Waals surface area contributed by atoms with Crippen molar-refractivity contribution in [2.75, 3.05) is 13.1 Å². The summed E-state index contributed by atoms with van der Waals surface area (Å²) >= 11 is 0. The Hall–Kier alpha value is -3.48. The van der Waals surface area contributed by atoms with Gasteiger partial charge in [-0.3, -0.25) is 14.4 Å². The zero-order chi connectivity index (χ0) is 30.4. The summed E-state index contributed by atoms with van der Waals surface area (Å²) in [6.07, 6.45) is 5.22. The van der Waals surface area contributed by atoms with Gasteiger partial charge < -0.3 is 43.2 Å². The molecule has 12 nitrogen and oxygen atoms in total. The molecule has 0 aliphatic heterocycles. The summed E-state index contributed by atoms with van der Waals surface area (Å²) in [5.41, 5.74) is 18.9. The van der Waals surface area contributed by atoms with Crippen molar-refractivity contribution in [2.45, 2.75) is 89.4 Å². The Labute approximate surface area is 241 Å². The molecule has 0 fully saturated rings. The Morgan fingerprint density at radius 1 is 0.829 bits per heavy atom. The van der Waals surface area contributed by atoms with E-state index in [4.69, 9.17) is 17.2 Å². The third-order valence-corrected chi connectivity index (χ3v) is 6.94. The van der Waals surface area contributed by atoms with E-state index in [1.165, 1.54) is 0 Å². The van der Waals surface area contributed by atoms with Crippen molar-refractivity contribution in [3.8, 4) is 0 Å². The smallest absolute Gasteiger partial charge is 0.326 e. The van der Waals surface area contributed by atoms with Gasteiger partial charge >= 0.3 is 5.97 Å². The molecule has 1 aromatic heterocycles. The number of fused-ring (bicyclic) bond motifs is 1. The molecule has 0 radical (unpaired) electrons. The van der Waals surface area contributed by atoms with Crippen LogP contribution in [0, 0.1) is 5.92 Å². The summed E-state index contributed by atoms with van der Waals surface area (Å²) < 4.78 is 0. The van der Waals surface area contributed by atoms with Crippen molar-refractivity contribution in [1.29, 1.82) is 0 Å². The highest BCUT2D eigenvalue weighted by Crippen LogP contribution is 2.19. The summed E-state index contributed by atoms with van der Waals surface area (Å²) in [6.45, 7) is 4.75. The number of carbonyl (C=O) groups excluding carboxylic acids is 3. The van der Waals surface area contributed by atoms with Gasteiger partial charge in [-0.25, -0.2) is 4.79 Å². The normalized spacial score (nSPS) is 14.3. The van der Waals surface area contributed by atoms with Crippen LogP contribution in [0.3, 0.4) is 0 Å². The maximum absolute atomic E-state index is 13.4. The van der Waals surface area contributed by atoms with E-state index < -0.39 is 47.9 Å². The third-order valence-electron chi connectivity index (χ3n) is 6.94. The predicted molar refractivity (Wildman–Crippen MR) is 159 cm³/mol. The first kappa shape index (κ1) is 33.7. The molecule has 228 valence electrons. The van der Waals surface area contributed by atoms with Crippen LogP contribution in [0.1, 0.15) is 64.4 Å². The van der Waals surface area contributed by atoms with Gasteiger partial charge in [-0.2, -0.15) is 0 Å². The lowest BCUT2D eigenvalue weighted by molar-refractivity contribution is -0.142. The molecule has 2 aromatic rings. The summed E-state index contributed by atoms with van der Waals surface area (Å²) in [5, 5.41) is 18.8. The lowest BCUT2D eigenvalue weighted by Gasteiger charge is -2.25. The summed E-state index contributed by atoms with van der Waals surface area (Å²) in [6, 6.07) is 3.57. The van der Waals surface area contributed by atoms with Gasteiger partial charge in [-0.1, -0.05) is 32.0 Å². The van der Waals surface area contributed by atoms with Crippen molar-refractivity contribution in [3.63, 3.8) is 0 Å². The number of aromatic nitrogens is 1. The van der Waals surface area contributed by atoms with Gasteiger partial charge in [0, 0.05) is 23.5 Å². The number of rotatable bonds is 19. The zero-order valence-corrected chi connectivity index (χ0v) is 24.2. The topological polar surface area (TPSA) is 218 Å². The summed E-state index contributed by atoms with van der Waals surface area (Å²) in [5.74, 6) is -2.60. The number of carbonyl (C=O) groups is 4. The Kier molecular flexibility index (Phi) is 14.3. The predicted octanol–water partition coefficient (Wildman–Crippen LogP) is 0.881. The highest BCUT2D eigenvalue weighted by atomic mass is 16.4. The SMILES string of the molecule is CC(C)CC(N)C(=O)NC(CCCCN)C(=O)NC(CCCCN)C(=O)NC(Cc1c[nH]c2ccccc12)C(=O)O. The molecule has 0 bridgehead atoms. The number of amides is 3. The van der Waals surface area contributed by atoms with Gasteiger partial charge in [-0.05, 0) is 75.6 Å². The second-order valence-corrected chi connectivity index (χ2v) is 10.9. The number of para-hydroxylation sites is 1. The molecule has 2 rings (SSSR count). The molecular weight excluding hydrogens is 526 g/mol. The highest BCUT2D eigenvalue weighted by molar-refractivity contribution is 5.94. The van der Waals surface area contributed by atoms with Crippen LogP contribution in [0.5, 0.6) is 0 Å². The Morgan fingerprint density at radius 2 is 1.37 bits per heavy atom. The number of unbranched alkanes of at least 4 members (excludes halogenated alkanes) is 2. The maximum Gasteiger partial charge on any atom is 0.326 e. The highest BCUT2D eigenvalue weighted by Gasteiger charge is 2.30. The molecule has 1 heterocycles. The molecule has 11 N–H and O–H groups in total. The van der Waals surface area contributed by atoms with E-state index in [0.29, 0.717) is 51.6 Å². The Morgan fingerprint density at radius 3 is 1.90 bits per heavy atom. The van der Waals surface area contributed by atoms with Gasteiger partial charge in [0.05, 0.1) is 6.04 Å². The number of hydrogen-bond acceptors (Lipinski definition) is 7. The van der Waals surface area contributed by atoms with Crippen LogP contribution < -0.4 is 33.2 Å². The van der Waals surface area contributed by atoms with Crippen LogP contribution in [0.4, 0.5) is 0 Å². The molecule has 12 heteroatoms. The molecule has 0 aliphatic carbocycles. The fraction of sp³-hybridized carbons (Fsp3) is 0.586. The first-order chi connectivity index (χ1) is 19.6. The lowest BCUT2D eigenvalue weighted by atomic mass is 10.0. The molecule has 0 saturated heterocycles. The maximum atomic E-state index is 13.4. The largest absolute Gasteiger partial charge is 0.480 e. The summed E-state index contributed by atoms with van der Waals surface area (Å²) in [4.78, 5) is 54.7. The van der Waals surface area contributed by atoms with Crippen LogP contribution in [-0.2, 0) is 25.6 Å². The number of nitrogens with two attached hydrogens (primary N) is 3. The van der Waals surface area contributed by atoms with Crippen LogP contribution in [0.25, 0.3) is 10.9 Å². The molecule has 0 saturated carbocycles. The minimum absolute atomic E-state index is 0.0556. The quantitative estimate of drug-likeness (QED) is 0.112. The number of aliphatic carboxylic acids is 1. The van der Waals surface area contributed by atoms with E-state index >= 15 is 0 Å². The van der Waals surface area contributed by atoms with Crippen molar-refractivity contribution in [2.24, 2.45) is 23.1 Å². The van der Waals surface area contributed by atoms with Crippen LogP contribution >= 0.6 is 0 Å². The molecular formula is C29H47N7O5. The van der Waals surface area contributed by atoms with Gasteiger partial charge in [0.15, 0.2) is 0 Å². The van der Waals surface area contributed by atoms with Crippen LogP contribution in [0.2, 0.25) is 0 Å². The molecule has 4 atom stereocenters. The van der Waals surface area contributed by atoms with E-state index in [1.54, 1.807) is 6.20 Å². The summed E-state index contributed by atoms with van der Waals surface area (Å²) in [7, 11) is 0. The van der Waals surface area contributed by atoms with Crippen molar-refractivity contribution < 1.29 is 24.3 Å². The average molecular weight is 574 g/mol. The molecule has 0 aliphatic rings. The zero-order valence-electron chi connectivity index (χ0n) is 24.2. The Bertz CT molecular complexity index is 1140. The lowest BCUT2D eigenvalue weighted by Crippen LogP contribution is -2.57. The minimum atomic E-state index is -1.22. The van der Waals surface area contributed by atoms with E-state index in [1.807, 2.05) is 38.1 Å². The van der Waals surface area contributed by atoms with E-state index in [9.17, 15) is 24.3 Å². The van der Waals surface area contributed by atoms with Crippen LogP contribution in [-0.4, -0.2) is 71.0 Å². The molecule has 1 aromatic carbocycles. The van der Waals surface area contributed by atoms with Gasteiger partial charge in [0.25, 0.3) is 0 Å². The molecule has 4 unspecified atom stereocenters. The van der Waals surface area contributed by atoms with Crippen molar-refractivity contribution in [3.05, 3.63) is 36.0 Å². The van der Waals surface area contributed by atoms with E-state index in [0.717, 1.165) is 16.5 Å². The third kappa shape index (κ3) is 11.1. The van der Waals surface area contributed by atoms with Crippen molar-refractivity contribution in [1.82, 2.24) is 20.9 Å². The second kappa shape index (κ2) is 17.4. The average Bonchev–Trinajstić information content (AvgIpc) is 3.33. The molecule has 41 heavy (non-hydrogen) atoms. The fourth-order valence-electron chi connectivity index (χ4n) is 4.68. The van der Waals surface area contributed by atoms with Gasteiger partial charge in [0.1, 0.15) is 18.1 Å². The number of H-pyrrole nitrogens is 1. The van der Waals surface area contributed by atoms with Gasteiger partial charge in [0.2, 0.25) is 17.7 Å². The number of carboxylic acids is 1. The number of nitrogens with one attached hydrogen (secondary N) is 4. The monoisotopic (exact) mass is 573 g/mol. The molecule has 3 amide bonds. The first-order valence-electron chi connectivity index (χ1n) is 14.4. The van der Waals surface area contributed by atoms with Crippen LogP contribution in [0.15, 0.2) is 30.5 Å². The van der Waals surface area contributed by atoms with Gasteiger partial charge in [-0.15, -0.1) is 0 Å². The second-order valence-electron chi connectivity index (χ2n) is 10.9. The Balaban J connectivity index is 2.18. The number of aromatic amines is 1. The number of benzene rings is 1.